The van der Waals surface area contributed by atoms with Gasteiger partial charge in [0.2, 0.25) is 10.0 Å². The largest absolute Gasteiger partial charge is 0.364 e. The van der Waals surface area contributed by atoms with Crippen molar-refractivity contribution in [1.29, 1.82) is 5.26 Å². The number of hydrogen-bond acceptors (Lipinski definition) is 4. The summed E-state index contributed by atoms with van der Waals surface area (Å²) in [5.41, 5.74) is 3.70. The molecule has 2 N–H and O–H groups in total. The van der Waals surface area contributed by atoms with Gasteiger partial charge in [0.15, 0.2) is 0 Å². The molecular formula is C17H17N3O2S. The number of fused-ring (bicyclic) bond motifs is 1. The zero-order valence-corrected chi connectivity index (χ0v) is 13.5. The number of nitrogens with zero attached hydrogens (tertiary/aromatic N) is 2. The average Bonchev–Trinajstić information content (AvgIpc) is 2.82. The molecule has 1 atom stereocenters. The smallest absolute Gasteiger partial charge is 0.238 e. The Morgan fingerprint density at radius 2 is 2.09 bits per heavy atom. The number of anilines is 1. The van der Waals surface area contributed by atoms with Crippen molar-refractivity contribution in [3.05, 3.63) is 59.2 Å². The van der Waals surface area contributed by atoms with Crippen LogP contribution in [-0.2, 0) is 23.0 Å². The minimum Gasteiger partial charge on any atom is -0.364 e. The monoisotopic (exact) mass is 327 g/mol. The van der Waals surface area contributed by atoms with Crippen molar-refractivity contribution in [2.75, 3.05) is 4.90 Å². The molecule has 1 heterocycles. The van der Waals surface area contributed by atoms with Crippen molar-refractivity contribution in [3.8, 4) is 6.07 Å². The van der Waals surface area contributed by atoms with E-state index in [2.05, 4.69) is 17.9 Å². The summed E-state index contributed by atoms with van der Waals surface area (Å²) < 4.78 is 23.0. The van der Waals surface area contributed by atoms with Crippen LogP contribution in [0.15, 0.2) is 47.4 Å². The van der Waals surface area contributed by atoms with E-state index in [0.29, 0.717) is 12.1 Å². The van der Waals surface area contributed by atoms with E-state index in [1.54, 1.807) is 18.2 Å². The lowest BCUT2D eigenvalue weighted by Crippen LogP contribution is -2.28. The summed E-state index contributed by atoms with van der Waals surface area (Å²) in [6.07, 6.45) is 0.774. The Morgan fingerprint density at radius 1 is 1.30 bits per heavy atom. The molecule has 118 valence electrons. The van der Waals surface area contributed by atoms with E-state index in [1.807, 2.05) is 24.3 Å². The van der Waals surface area contributed by atoms with Crippen molar-refractivity contribution in [2.45, 2.75) is 30.8 Å². The predicted molar refractivity (Wildman–Crippen MR) is 88.3 cm³/mol. The third-order valence-electron chi connectivity index (χ3n) is 4.15. The highest BCUT2D eigenvalue weighted by Crippen LogP contribution is 2.34. The van der Waals surface area contributed by atoms with E-state index in [-0.39, 0.29) is 10.9 Å². The second-order valence-electron chi connectivity index (χ2n) is 5.83. The molecule has 0 aliphatic carbocycles. The molecule has 1 unspecified atom stereocenters. The molecular weight excluding hydrogens is 310 g/mol. The van der Waals surface area contributed by atoms with Gasteiger partial charge in [-0.3, -0.25) is 0 Å². The van der Waals surface area contributed by atoms with E-state index >= 15 is 0 Å². The van der Waals surface area contributed by atoms with Crippen LogP contribution in [0.3, 0.4) is 0 Å². The Labute approximate surface area is 136 Å². The second-order valence-corrected chi connectivity index (χ2v) is 7.39. The normalized spacial score (nSPS) is 16.9. The number of rotatable bonds is 3. The average molecular weight is 327 g/mol. The molecule has 0 fully saturated rings. The fourth-order valence-electron chi connectivity index (χ4n) is 3.03. The summed E-state index contributed by atoms with van der Waals surface area (Å²) in [7, 11) is -3.68. The molecule has 5 nitrogen and oxygen atoms in total. The van der Waals surface area contributed by atoms with Crippen molar-refractivity contribution in [2.24, 2.45) is 5.14 Å². The Bertz CT molecular complexity index is 900. The summed E-state index contributed by atoms with van der Waals surface area (Å²) in [4.78, 5) is 2.37. The van der Waals surface area contributed by atoms with E-state index in [9.17, 15) is 8.42 Å². The van der Waals surface area contributed by atoms with Crippen LogP contribution in [0, 0.1) is 11.3 Å². The topological polar surface area (TPSA) is 87.2 Å². The first-order valence-electron chi connectivity index (χ1n) is 7.30. The lowest BCUT2D eigenvalue weighted by Gasteiger charge is -2.25. The fourth-order valence-corrected chi connectivity index (χ4v) is 3.59. The first-order valence-corrected chi connectivity index (χ1v) is 8.84. The minimum atomic E-state index is -3.68. The Hall–Kier alpha value is -2.36. The van der Waals surface area contributed by atoms with Crippen LogP contribution in [0.2, 0.25) is 0 Å². The number of primary sulfonamides is 1. The molecule has 1 aliphatic heterocycles. The molecule has 2 aromatic rings. The number of benzene rings is 2. The summed E-state index contributed by atoms with van der Waals surface area (Å²) in [5, 5.41) is 14.2. The maximum atomic E-state index is 11.5. The van der Waals surface area contributed by atoms with E-state index in [4.69, 9.17) is 10.4 Å². The maximum Gasteiger partial charge on any atom is 0.238 e. The molecule has 0 saturated heterocycles. The highest BCUT2D eigenvalue weighted by atomic mass is 32.2. The van der Waals surface area contributed by atoms with Crippen LogP contribution in [0.25, 0.3) is 0 Å². The van der Waals surface area contributed by atoms with Gasteiger partial charge in [-0.2, -0.15) is 5.26 Å². The highest BCUT2D eigenvalue weighted by molar-refractivity contribution is 7.89. The fraction of sp³-hybridized carbons (Fsp3) is 0.235. The molecule has 0 amide bonds. The lowest BCUT2D eigenvalue weighted by molar-refractivity contribution is 0.597. The van der Waals surface area contributed by atoms with Gasteiger partial charge in [0.1, 0.15) is 0 Å². The molecule has 0 spiro atoms. The molecule has 1 aliphatic rings. The number of sulfonamides is 1. The third kappa shape index (κ3) is 3.07. The van der Waals surface area contributed by atoms with Crippen LogP contribution in [-0.4, -0.2) is 14.5 Å². The van der Waals surface area contributed by atoms with Crippen molar-refractivity contribution >= 4 is 15.7 Å². The summed E-state index contributed by atoms with van der Waals surface area (Å²) >= 11 is 0. The lowest BCUT2D eigenvalue weighted by atomic mass is 10.1. The molecule has 0 radical (unpaired) electrons. The van der Waals surface area contributed by atoms with Gasteiger partial charge in [0.25, 0.3) is 0 Å². The molecule has 0 saturated carbocycles. The van der Waals surface area contributed by atoms with Crippen molar-refractivity contribution < 1.29 is 8.42 Å². The molecule has 2 aromatic carbocycles. The Kier molecular flexibility index (Phi) is 3.84. The summed E-state index contributed by atoms with van der Waals surface area (Å²) in [5.74, 6) is 0. The van der Waals surface area contributed by atoms with E-state index < -0.39 is 10.0 Å². The van der Waals surface area contributed by atoms with Gasteiger partial charge < -0.3 is 4.90 Å². The number of nitriles is 1. The molecule has 6 heteroatoms. The molecule has 0 aromatic heterocycles. The van der Waals surface area contributed by atoms with Crippen LogP contribution in [0.4, 0.5) is 5.69 Å². The Balaban J connectivity index is 1.93. The third-order valence-corrected chi connectivity index (χ3v) is 5.06. The van der Waals surface area contributed by atoms with Gasteiger partial charge in [-0.1, -0.05) is 12.1 Å². The standard InChI is InChI=1S/C17H17N3O2S/c1-12-7-15-9-16(23(19,21)22)5-6-17(15)20(12)11-14-4-2-3-13(8-14)10-18/h2-6,8-9,12H,7,11H2,1H3,(H2,19,21,22). The highest BCUT2D eigenvalue weighted by Gasteiger charge is 2.27. The van der Waals surface area contributed by atoms with Crippen molar-refractivity contribution in [1.82, 2.24) is 0 Å². The first kappa shape index (κ1) is 15.5. The van der Waals surface area contributed by atoms with Gasteiger partial charge in [-0.05, 0) is 54.8 Å². The van der Waals surface area contributed by atoms with Crippen LogP contribution in [0.1, 0.15) is 23.6 Å². The summed E-state index contributed by atoms with van der Waals surface area (Å²) in [6, 6.07) is 14.9. The second kappa shape index (κ2) is 5.69. The number of nitrogens with two attached hydrogens (primary N) is 1. The van der Waals surface area contributed by atoms with Crippen molar-refractivity contribution in [3.63, 3.8) is 0 Å². The molecule has 23 heavy (non-hydrogen) atoms. The molecule has 0 bridgehead atoms. The van der Waals surface area contributed by atoms with Crippen LogP contribution in [0.5, 0.6) is 0 Å². The van der Waals surface area contributed by atoms with Crippen LogP contribution < -0.4 is 10.0 Å². The van der Waals surface area contributed by atoms with Gasteiger partial charge >= 0.3 is 0 Å². The van der Waals surface area contributed by atoms with Gasteiger partial charge in [-0.15, -0.1) is 0 Å². The zero-order valence-electron chi connectivity index (χ0n) is 12.7. The zero-order chi connectivity index (χ0) is 16.6. The minimum absolute atomic E-state index is 0.150. The number of hydrogen-bond donors (Lipinski definition) is 1. The Morgan fingerprint density at radius 3 is 2.78 bits per heavy atom. The van der Waals surface area contributed by atoms with Gasteiger partial charge in [0, 0.05) is 18.3 Å². The summed E-state index contributed by atoms with van der Waals surface area (Å²) in [6.45, 7) is 2.78. The van der Waals surface area contributed by atoms with E-state index in [1.165, 1.54) is 0 Å². The molecule has 3 rings (SSSR count). The van der Waals surface area contributed by atoms with E-state index in [0.717, 1.165) is 23.2 Å². The quantitative estimate of drug-likeness (QED) is 0.936. The van der Waals surface area contributed by atoms with Crippen LogP contribution >= 0.6 is 0 Å². The van der Waals surface area contributed by atoms with Gasteiger partial charge in [0.05, 0.1) is 16.5 Å². The maximum absolute atomic E-state index is 11.5. The first-order chi connectivity index (χ1) is 10.9. The predicted octanol–water partition coefficient (Wildman–Crippen LogP) is 2.16. The van der Waals surface area contributed by atoms with Gasteiger partial charge in [-0.25, -0.2) is 13.6 Å². The SMILES string of the molecule is CC1Cc2cc(S(N)(=O)=O)ccc2N1Cc1cccc(C#N)c1.